The molecule has 0 aliphatic carbocycles. The van der Waals surface area contributed by atoms with E-state index in [1.165, 1.54) is 5.56 Å². The number of hydrogen-bond acceptors (Lipinski definition) is 1. The van der Waals surface area contributed by atoms with Crippen molar-refractivity contribution in [3.05, 3.63) is 42.3 Å². The molecule has 1 aromatic carbocycles. The molecule has 59 valence electrons. The van der Waals surface area contributed by atoms with Crippen molar-refractivity contribution in [2.45, 2.75) is 6.42 Å². The predicted octanol–water partition coefficient (Wildman–Crippen LogP) is 1.85. The van der Waals surface area contributed by atoms with Crippen LogP contribution in [0.5, 0.6) is 0 Å². The first-order chi connectivity index (χ1) is 5.43. The highest BCUT2D eigenvalue weighted by Gasteiger charge is 1.89. The van der Waals surface area contributed by atoms with Gasteiger partial charge in [0.05, 0.1) is 0 Å². The third-order valence-corrected chi connectivity index (χ3v) is 1.57. The van der Waals surface area contributed by atoms with Crippen molar-refractivity contribution in [1.82, 2.24) is 5.32 Å². The van der Waals surface area contributed by atoms with Gasteiger partial charge in [-0.1, -0.05) is 30.3 Å². The number of nitrogens with one attached hydrogen (secondary N) is 1. The van der Waals surface area contributed by atoms with Crippen LogP contribution < -0.4 is 5.32 Å². The van der Waals surface area contributed by atoms with E-state index < -0.39 is 0 Å². The molecule has 0 heterocycles. The van der Waals surface area contributed by atoms with E-state index in [9.17, 15) is 0 Å². The zero-order valence-corrected chi connectivity index (χ0v) is 6.88. The minimum Gasteiger partial charge on any atom is -0.320 e. The Bertz CT molecular complexity index is 181. The van der Waals surface area contributed by atoms with Gasteiger partial charge in [-0.3, -0.25) is 0 Å². The van der Waals surface area contributed by atoms with Crippen molar-refractivity contribution in [1.29, 1.82) is 0 Å². The second kappa shape index (κ2) is 4.91. The largest absolute Gasteiger partial charge is 0.320 e. The molecule has 0 aliphatic heterocycles. The summed E-state index contributed by atoms with van der Waals surface area (Å²) in [6, 6.07) is 10.4. The molecule has 1 heteroatoms. The lowest BCUT2D eigenvalue weighted by Crippen LogP contribution is -2.07. The molecule has 0 spiro atoms. The third-order valence-electron chi connectivity index (χ3n) is 1.57. The number of benzene rings is 1. The molecule has 1 nitrogen and oxygen atoms in total. The lowest BCUT2D eigenvalue weighted by atomic mass is 10.1. The third kappa shape index (κ3) is 3.19. The number of hydrogen-bond donors (Lipinski definition) is 1. The summed E-state index contributed by atoms with van der Waals surface area (Å²) in [6.07, 6.45) is 3.33. The standard InChI is InChI=1S/C10H14N/c1-11-9-5-8-10-6-3-2-4-7-10/h2-4,6-8,11H,5,9H2,1H3. The Balaban J connectivity index is 2.28. The van der Waals surface area contributed by atoms with Gasteiger partial charge in [0.15, 0.2) is 0 Å². The van der Waals surface area contributed by atoms with Gasteiger partial charge in [-0.05, 0) is 32.0 Å². The molecule has 1 rings (SSSR count). The minimum atomic E-state index is 1.05. The van der Waals surface area contributed by atoms with Gasteiger partial charge in [0.2, 0.25) is 0 Å². The fourth-order valence-electron chi connectivity index (χ4n) is 0.972. The van der Waals surface area contributed by atoms with Crippen LogP contribution in [0.2, 0.25) is 0 Å². The van der Waals surface area contributed by atoms with Crippen molar-refractivity contribution in [2.24, 2.45) is 0 Å². The lowest BCUT2D eigenvalue weighted by molar-refractivity contribution is 0.788. The van der Waals surface area contributed by atoms with Gasteiger partial charge < -0.3 is 5.32 Å². The van der Waals surface area contributed by atoms with E-state index in [-0.39, 0.29) is 0 Å². The first-order valence-corrected chi connectivity index (χ1v) is 3.96. The summed E-state index contributed by atoms with van der Waals surface area (Å²) in [4.78, 5) is 0. The second-order valence-corrected chi connectivity index (χ2v) is 2.51. The van der Waals surface area contributed by atoms with Crippen LogP contribution in [-0.2, 0) is 0 Å². The van der Waals surface area contributed by atoms with E-state index in [1.807, 2.05) is 13.1 Å². The van der Waals surface area contributed by atoms with Gasteiger partial charge in [-0.15, -0.1) is 0 Å². The fourth-order valence-corrected chi connectivity index (χ4v) is 0.972. The normalized spacial score (nSPS) is 9.91. The quantitative estimate of drug-likeness (QED) is 0.642. The van der Waals surface area contributed by atoms with Crippen LogP contribution in [0.15, 0.2) is 30.3 Å². The van der Waals surface area contributed by atoms with Crippen LogP contribution in [0.25, 0.3) is 0 Å². The van der Waals surface area contributed by atoms with E-state index >= 15 is 0 Å². The van der Waals surface area contributed by atoms with Crippen LogP contribution >= 0.6 is 0 Å². The van der Waals surface area contributed by atoms with Crippen LogP contribution in [0.1, 0.15) is 12.0 Å². The van der Waals surface area contributed by atoms with Crippen molar-refractivity contribution >= 4 is 0 Å². The molecule has 1 radical (unpaired) electrons. The van der Waals surface area contributed by atoms with Crippen molar-refractivity contribution in [3.63, 3.8) is 0 Å². The highest BCUT2D eigenvalue weighted by atomic mass is 14.8. The highest BCUT2D eigenvalue weighted by Crippen LogP contribution is 2.03. The van der Waals surface area contributed by atoms with Gasteiger partial charge in [-0.2, -0.15) is 0 Å². The minimum absolute atomic E-state index is 1.05. The maximum Gasteiger partial charge on any atom is -0.00459 e. The van der Waals surface area contributed by atoms with Gasteiger partial charge in [-0.25, -0.2) is 0 Å². The lowest BCUT2D eigenvalue weighted by Gasteiger charge is -1.98. The number of rotatable bonds is 4. The average Bonchev–Trinajstić information content (AvgIpc) is 2.07. The van der Waals surface area contributed by atoms with Gasteiger partial charge in [0, 0.05) is 0 Å². The van der Waals surface area contributed by atoms with E-state index in [0.717, 1.165) is 13.0 Å². The van der Waals surface area contributed by atoms with E-state index in [4.69, 9.17) is 0 Å². The Kier molecular flexibility index (Phi) is 3.70. The maximum atomic E-state index is 3.11. The topological polar surface area (TPSA) is 12.0 Å². The van der Waals surface area contributed by atoms with Gasteiger partial charge in [0.1, 0.15) is 0 Å². The maximum absolute atomic E-state index is 3.11. The molecule has 11 heavy (non-hydrogen) atoms. The van der Waals surface area contributed by atoms with Crippen molar-refractivity contribution in [3.8, 4) is 0 Å². The molecule has 1 N–H and O–H groups in total. The molecule has 0 atom stereocenters. The summed E-state index contributed by atoms with van der Waals surface area (Å²) >= 11 is 0. The Morgan fingerprint density at radius 2 is 2.00 bits per heavy atom. The Hall–Kier alpha value is -0.820. The molecule has 0 saturated carbocycles. The first kappa shape index (κ1) is 8.28. The van der Waals surface area contributed by atoms with Crippen LogP contribution in [0.4, 0.5) is 0 Å². The average molecular weight is 148 g/mol. The van der Waals surface area contributed by atoms with Crippen molar-refractivity contribution < 1.29 is 0 Å². The first-order valence-electron chi connectivity index (χ1n) is 3.96. The summed E-state index contributed by atoms with van der Waals surface area (Å²) in [5.41, 5.74) is 1.31. The van der Waals surface area contributed by atoms with Gasteiger partial charge >= 0.3 is 0 Å². The van der Waals surface area contributed by atoms with Crippen LogP contribution in [0, 0.1) is 6.42 Å². The summed E-state index contributed by atoms with van der Waals surface area (Å²) in [6.45, 7) is 1.05. The van der Waals surface area contributed by atoms with E-state index in [1.54, 1.807) is 0 Å². The molecule has 0 aromatic heterocycles. The summed E-state index contributed by atoms with van der Waals surface area (Å²) in [5, 5.41) is 3.11. The molecule has 0 amide bonds. The van der Waals surface area contributed by atoms with Crippen LogP contribution in [0.3, 0.4) is 0 Å². The molecule has 0 fully saturated rings. The Labute approximate surface area is 68.4 Å². The summed E-state index contributed by atoms with van der Waals surface area (Å²) in [5.74, 6) is 0. The van der Waals surface area contributed by atoms with E-state index in [0.29, 0.717) is 0 Å². The van der Waals surface area contributed by atoms with Crippen LogP contribution in [-0.4, -0.2) is 13.6 Å². The summed E-state index contributed by atoms with van der Waals surface area (Å²) < 4.78 is 0. The molecule has 0 unspecified atom stereocenters. The van der Waals surface area contributed by atoms with Crippen molar-refractivity contribution in [2.75, 3.05) is 13.6 Å². The predicted molar refractivity (Wildman–Crippen MR) is 48.4 cm³/mol. The second-order valence-electron chi connectivity index (χ2n) is 2.51. The zero-order valence-electron chi connectivity index (χ0n) is 6.88. The Morgan fingerprint density at radius 3 is 2.64 bits per heavy atom. The molecular weight excluding hydrogens is 134 g/mol. The fraction of sp³-hybridized carbons (Fsp3) is 0.300. The molecule has 0 bridgehead atoms. The molecule has 0 saturated heterocycles. The molecule has 0 aliphatic rings. The smallest absolute Gasteiger partial charge is 0.00459 e. The zero-order chi connectivity index (χ0) is 7.94. The van der Waals surface area contributed by atoms with E-state index in [2.05, 4.69) is 36.0 Å². The molecular formula is C10H14N. The summed E-state index contributed by atoms with van der Waals surface area (Å²) in [7, 11) is 1.97. The monoisotopic (exact) mass is 148 g/mol. The Morgan fingerprint density at radius 1 is 1.27 bits per heavy atom. The molecule has 1 aromatic rings. The highest BCUT2D eigenvalue weighted by molar-refractivity contribution is 5.22. The SMILES string of the molecule is CNCC[CH]c1ccccc1. The van der Waals surface area contributed by atoms with Gasteiger partial charge in [0.25, 0.3) is 0 Å².